The molecule has 0 unspecified atom stereocenters. The molecule has 1 heterocycles. The highest BCUT2D eigenvalue weighted by Gasteiger charge is 2.11. The Morgan fingerprint density at radius 1 is 1.46 bits per heavy atom. The van der Waals surface area contributed by atoms with Crippen LogP contribution in [0.25, 0.3) is 0 Å². The van der Waals surface area contributed by atoms with Crippen LogP contribution in [0.1, 0.15) is 13.8 Å². The van der Waals surface area contributed by atoms with Crippen molar-refractivity contribution in [1.29, 1.82) is 0 Å². The van der Waals surface area contributed by atoms with Gasteiger partial charge in [0.2, 0.25) is 5.95 Å². The third kappa shape index (κ3) is 3.71. The first-order chi connectivity index (χ1) is 5.97. The minimum atomic E-state index is -0.773. The van der Waals surface area contributed by atoms with Gasteiger partial charge in [0.1, 0.15) is 0 Å². The summed E-state index contributed by atoms with van der Waals surface area (Å²) < 4.78 is 0. The van der Waals surface area contributed by atoms with Gasteiger partial charge in [0.25, 0.3) is 0 Å². The van der Waals surface area contributed by atoms with Gasteiger partial charge in [-0.1, -0.05) is 0 Å². The van der Waals surface area contributed by atoms with Gasteiger partial charge in [-0.05, 0) is 13.8 Å². The van der Waals surface area contributed by atoms with Crippen LogP contribution in [0.2, 0.25) is 0 Å². The Balaban J connectivity index is 2.51. The van der Waals surface area contributed by atoms with E-state index in [4.69, 9.17) is 5.73 Å². The number of hydrogen-bond acceptors (Lipinski definition) is 5. The van der Waals surface area contributed by atoms with E-state index in [1.54, 1.807) is 13.8 Å². The topological polar surface area (TPSA) is 84.1 Å². The van der Waals surface area contributed by atoms with Crippen molar-refractivity contribution >= 4 is 11.6 Å². The predicted molar refractivity (Wildman–Crippen MR) is 51.2 cm³/mol. The molecule has 0 saturated heterocycles. The summed E-state index contributed by atoms with van der Waals surface area (Å²) in [5.41, 5.74) is 5.16. The molecular formula is C8H14N4O. The Morgan fingerprint density at radius 3 is 2.46 bits per heavy atom. The number of nitrogen functional groups attached to an aromatic ring is 1. The number of hydrogen-bond donors (Lipinski definition) is 3. The molecule has 0 amide bonds. The maximum Gasteiger partial charge on any atom is 0.222 e. The lowest BCUT2D eigenvalue weighted by Crippen LogP contribution is -2.29. The van der Waals surface area contributed by atoms with E-state index >= 15 is 0 Å². The second-order valence-corrected chi connectivity index (χ2v) is 3.51. The highest BCUT2D eigenvalue weighted by atomic mass is 16.3. The number of rotatable bonds is 3. The predicted octanol–water partition coefficient (Wildman–Crippen LogP) is 0.242. The standard InChI is InChI=1S/C8H14N4O/c1-8(2,13)5-12-7-10-3-6(9)4-11-7/h3-4,13H,5,9H2,1-2H3,(H,10,11,12). The number of aliphatic hydroxyl groups is 1. The fraction of sp³-hybridized carbons (Fsp3) is 0.500. The number of nitrogens with one attached hydrogen (secondary N) is 1. The molecule has 0 radical (unpaired) electrons. The maximum atomic E-state index is 9.39. The molecule has 0 spiro atoms. The van der Waals surface area contributed by atoms with Crippen LogP contribution in [0.3, 0.4) is 0 Å². The molecule has 1 aromatic heterocycles. The van der Waals surface area contributed by atoms with Gasteiger partial charge in [0.15, 0.2) is 0 Å². The van der Waals surface area contributed by atoms with Crippen molar-refractivity contribution in [3.63, 3.8) is 0 Å². The Bertz CT molecular complexity index is 264. The van der Waals surface area contributed by atoms with Gasteiger partial charge >= 0.3 is 0 Å². The van der Waals surface area contributed by atoms with E-state index in [9.17, 15) is 5.11 Å². The summed E-state index contributed by atoms with van der Waals surface area (Å²) in [5, 5.41) is 12.3. The third-order valence-electron chi connectivity index (χ3n) is 1.35. The Labute approximate surface area is 77.0 Å². The molecule has 0 saturated carbocycles. The largest absolute Gasteiger partial charge is 0.396 e. The van der Waals surface area contributed by atoms with Crippen molar-refractivity contribution in [2.75, 3.05) is 17.6 Å². The molecule has 0 atom stereocenters. The van der Waals surface area contributed by atoms with Crippen molar-refractivity contribution in [1.82, 2.24) is 9.97 Å². The normalized spacial score (nSPS) is 11.3. The zero-order valence-corrected chi connectivity index (χ0v) is 7.78. The van der Waals surface area contributed by atoms with E-state index in [0.29, 0.717) is 18.2 Å². The monoisotopic (exact) mass is 182 g/mol. The van der Waals surface area contributed by atoms with Gasteiger partial charge in [-0.25, -0.2) is 9.97 Å². The molecule has 1 aromatic rings. The highest BCUT2D eigenvalue weighted by Crippen LogP contribution is 2.04. The average molecular weight is 182 g/mol. The smallest absolute Gasteiger partial charge is 0.222 e. The fourth-order valence-corrected chi connectivity index (χ4v) is 0.725. The van der Waals surface area contributed by atoms with Crippen molar-refractivity contribution in [2.45, 2.75) is 19.4 Å². The Kier molecular flexibility index (Phi) is 2.67. The first-order valence-electron chi connectivity index (χ1n) is 4.01. The second kappa shape index (κ2) is 3.57. The first kappa shape index (κ1) is 9.73. The molecule has 0 aliphatic carbocycles. The molecular weight excluding hydrogens is 168 g/mol. The molecule has 13 heavy (non-hydrogen) atoms. The van der Waals surface area contributed by atoms with Crippen LogP contribution in [0, 0.1) is 0 Å². The lowest BCUT2D eigenvalue weighted by atomic mass is 10.1. The summed E-state index contributed by atoms with van der Waals surface area (Å²) in [6.45, 7) is 3.81. The number of nitrogens with zero attached hydrogens (tertiary/aromatic N) is 2. The first-order valence-corrected chi connectivity index (χ1v) is 4.01. The van der Waals surface area contributed by atoms with E-state index in [-0.39, 0.29) is 0 Å². The Hall–Kier alpha value is -1.36. The number of aromatic nitrogens is 2. The van der Waals surface area contributed by atoms with E-state index in [2.05, 4.69) is 15.3 Å². The van der Waals surface area contributed by atoms with Crippen LogP contribution in [0.5, 0.6) is 0 Å². The highest BCUT2D eigenvalue weighted by molar-refractivity contribution is 5.35. The SMILES string of the molecule is CC(C)(O)CNc1ncc(N)cn1. The fourth-order valence-electron chi connectivity index (χ4n) is 0.725. The van der Waals surface area contributed by atoms with Gasteiger partial charge in [-0.15, -0.1) is 0 Å². The maximum absolute atomic E-state index is 9.39. The van der Waals surface area contributed by atoms with Gasteiger partial charge in [-0.3, -0.25) is 0 Å². The molecule has 0 bridgehead atoms. The van der Waals surface area contributed by atoms with E-state index < -0.39 is 5.60 Å². The van der Waals surface area contributed by atoms with Gasteiger partial charge in [-0.2, -0.15) is 0 Å². The summed E-state index contributed by atoms with van der Waals surface area (Å²) in [6, 6.07) is 0. The zero-order chi connectivity index (χ0) is 9.90. The van der Waals surface area contributed by atoms with Crippen LogP contribution in [-0.4, -0.2) is 27.2 Å². The lowest BCUT2D eigenvalue weighted by Gasteiger charge is -2.17. The molecule has 0 aromatic carbocycles. The van der Waals surface area contributed by atoms with Crippen LogP contribution in [0.4, 0.5) is 11.6 Å². The van der Waals surface area contributed by atoms with E-state index in [1.165, 1.54) is 12.4 Å². The molecule has 0 fully saturated rings. The van der Waals surface area contributed by atoms with Gasteiger partial charge < -0.3 is 16.2 Å². The minimum absolute atomic E-state index is 0.400. The minimum Gasteiger partial charge on any atom is -0.396 e. The van der Waals surface area contributed by atoms with Gasteiger partial charge in [0, 0.05) is 6.54 Å². The molecule has 5 nitrogen and oxygen atoms in total. The zero-order valence-electron chi connectivity index (χ0n) is 7.78. The summed E-state index contributed by atoms with van der Waals surface area (Å²) in [5.74, 6) is 0.469. The number of nitrogens with two attached hydrogens (primary N) is 1. The molecule has 1 rings (SSSR count). The second-order valence-electron chi connectivity index (χ2n) is 3.51. The van der Waals surface area contributed by atoms with Crippen molar-refractivity contribution in [2.24, 2.45) is 0 Å². The third-order valence-corrected chi connectivity index (χ3v) is 1.35. The van der Waals surface area contributed by atoms with Crippen LogP contribution >= 0.6 is 0 Å². The van der Waals surface area contributed by atoms with Crippen molar-refractivity contribution < 1.29 is 5.11 Å². The van der Waals surface area contributed by atoms with Crippen molar-refractivity contribution in [3.05, 3.63) is 12.4 Å². The molecule has 4 N–H and O–H groups in total. The summed E-state index contributed by atoms with van der Waals surface area (Å²) >= 11 is 0. The molecule has 0 aliphatic heterocycles. The van der Waals surface area contributed by atoms with E-state index in [1.807, 2.05) is 0 Å². The van der Waals surface area contributed by atoms with Crippen LogP contribution < -0.4 is 11.1 Å². The summed E-state index contributed by atoms with van der Waals surface area (Å²) in [6.07, 6.45) is 3.03. The molecule has 0 aliphatic rings. The molecule has 5 heteroatoms. The molecule has 72 valence electrons. The summed E-state index contributed by atoms with van der Waals surface area (Å²) in [7, 11) is 0. The van der Waals surface area contributed by atoms with Gasteiger partial charge in [0.05, 0.1) is 23.7 Å². The van der Waals surface area contributed by atoms with Crippen LogP contribution in [0.15, 0.2) is 12.4 Å². The average Bonchev–Trinajstić information content (AvgIpc) is 2.02. The van der Waals surface area contributed by atoms with Crippen LogP contribution in [-0.2, 0) is 0 Å². The number of anilines is 2. The van der Waals surface area contributed by atoms with E-state index in [0.717, 1.165) is 0 Å². The summed E-state index contributed by atoms with van der Waals surface area (Å²) in [4.78, 5) is 7.85. The quantitative estimate of drug-likeness (QED) is 0.623. The Morgan fingerprint density at radius 2 is 2.00 bits per heavy atom. The van der Waals surface area contributed by atoms with Crippen molar-refractivity contribution in [3.8, 4) is 0 Å². The lowest BCUT2D eigenvalue weighted by molar-refractivity contribution is 0.0943.